The van der Waals surface area contributed by atoms with E-state index in [0.29, 0.717) is 6.04 Å². The number of ether oxygens (including phenoxy) is 1. The minimum absolute atomic E-state index is 0.0129. The Morgan fingerprint density at radius 1 is 1.15 bits per heavy atom. The third-order valence-electron chi connectivity index (χ3n) is 6.68. The quantitative estimate of drug-likeness (QED) is 0.905. The van der Waals surface area contributed by atoms with Crippen molar-refractivity contribution < 1.29 is 4.74 Å². The molecule has 0 bridgehead atoms. The summed E-state index contributed by atoms with van der Waals surface area (Å²) >= 11 is 0. The van der Waals surface area contributed by atoms with Crippen LogP contribution in [-0.2, 0) is 11.2 Å². The first-order valence-corrected chi connectivity index (χ1v) is 10.1. The molecule has 5 heteroatoms. The molecule has 5 nitrogen and oxygen atoms in total. The fraction of sp³-hybridized carbons (Fsp3) is 0.500. The highest BCUT2D eigenvalue weighted by Crippen LogP contribution is 2.56. The molecule has 3 heterocycles. The van der Waals surface area contributed by atoms with Crippen LogP contribution in [0.25, 0.3) is 0 Å². The number of aromatic nitrogens is 1. The number of fused-ring (bicyclic) bond motifs is 1. The molecule has 2 unspecified atom stereocenters. The Bertz CT molecular complexity index is 859. The van der Waals surface area contributed by atoms with Gasteiger partial charge in [0.25, 0.3) is 5.56 Å². The monoisotopic (exact) mass is 365 g/mol. The Morgan fingerprint density at radius 3 is 2.70 bits per heavy atom. The number of piperidine rings is 1. The predicted octanol–water partition coefficient (Wildman–Crippen LogP) is 2.52. The number of nitrogens with zero attached hydrogens (tertiary/aromatic N) is 2. The van der Waals surface area contributed by atoms with E-state index in [0.717, 1.165) is 68.5 Å². The van der Waals surface area contributed by atoms with Crippen molar-refractivity contribution in [3.63, 3.8) is 0 Å². The second-order valence-electron chi connectivity index (χ2n) is 8.20. The molecule has 1 saturated carbocycles. The first-order chi connectivity index (χ1) is 13.2. The lowest BCUT2D eigenvalue weighted by Gasteiger charge is -2.33. The Labute approximate surface area is 159 Å². The number of hydrogen-bond acceptors (Lipinski definition) is 4. The zero-order chi connectivity index (χ0) is 18.4. The van der Waals surface area contributed by atoms with Crippen molar-refractivity contribution in [1.29, 1.82) is 0 Å². The normalized spacial score (nSPS) is 29.7. The molecule has 5 rings (SSSR count). The molecule has 1 aromatic carbocycles. The number of anilines is 2. The molecule has 1 aromatic heterocycles. The van der Waals surface area contributed by atoms with Crippen molar-refractivity contribution in [2.45, 2.75) is 19.4 Å². The summed E-state index contributed by atoms with van der Waals surface area (Å²) < 4.78 is 5.46. The van der Waals surface area contributed by atoms with Gasteiger partial charge in [-0.1, -0.05) is 37.3 Å². The zero-order valence-electron chi connectivity index (χ0n) is 15.8. The van der Waals surface area contributed by atoms with Crippen molar-refractivity contribution in [3.05, 3.63) is 58.4 Å². The Kier molecular flexibility index (Phi) is 4.20. The van der Waals surface area contributed by atoms with Crippen LogP contribution in [0.2, 0.25) is 0 Å². The average molecular weight is 365 g/mol. The maximum atomic E-state index is 12.4. The molecule has 3 fully saturated rings. The summed E-state index contributed by atoms with van der Waals surface area (Å²) in [6.45, 7) is 6.56. The summed E-state index contributed by atoms with van der Waals surface area (Å²) in [6, 6.07) is 15.1. The fourth-order valence-corrected chi connectivity index (χ4v) is 5.13. The van der Waals surface area contributed by atoms with E-state index in [9.17, 15) is 4.79 Å². The first kappa shape index (κ1) is 16.9. The number of benzene rings is 1. The standard InChI is InChI=1S/C22H27N3O2/c1-15-18-14-25(19(22(15)18)11-16-5-3-2-4-6-16)20-12-17(13-21(26)23-20)24-7-9-27-10-8-24/h2-6,12-13,15,18-19,22H,7-11,14H2,1H3,(H,23,26)/t15-,18?,19-,22?/m1/s1. The number of H-pyrrole nitrogens is 1. The summed E-state index contributed by atoms with van der Waals surface area (Å²) in [6.07, 6.45) is 1.04. The van der Waals surface area contributed by atoms with Gasteiger partial charge in [0, 0.05) is 43.5 Å². The van der Waals surface area contributed by atoms with Crippen molar-refractivity contribution >= 4 is 11.5 Å². The van der Waals surface area contributed by atoms with Crippen LogP contribution in [0, 0.1) is 17.8 Å². The highest BCUT2D eigenvalue weighted by atomic mass is 16.5. The largest absolute Gasteiger partial charge is 0.378 e. The van der Waals surface area contributed by atoms with Gasteiger partial charge in [0.15, 0.2) is 0 Å². The van der Waals surface area contributed by atoms with Gasteiger partial charge >= 0.3 is 0 Å². The van der Waals surface area contributed by atoms with Gasteiger partial charge in [0.2, 0.25) is 0 Å². The molecule has 2 saturated heterocycles. The summed E-state index contributed by atoms with van der Waals surface area (Å²) in [7, 11) is 0. The number of pyridine rings is 1. The van der Waals surface area contributed by atoms with Crippen LogP contribution in [0.1, 0.15) is 12.5 Å². The number of morpholine rings is 1. The van der Waals surface area contributed by atoms with Crippen LogP contribution in [0.4, 0.5) is 11.5 Å². The highest BCUT2D eigenvalue weighted by molar-refractivity contribution is 5.57. The van der Waals surface area contributed by atoms with E-state index in [-0.39, 0.29) is 5.56 Å². The molecule has 4 atom stereocenters. The van der Waals surface area contributed by atoms with E-state index in [2.05, 4.69) is 58.1 Å². The highest BCUT2D eigenvalue weighted by Gasteiger charge is 2.58. The molecule has 2 aliphatic heterocycles. The zero-order valence-corrected chi connectivity index (χ0v) is 15.8. The minimum Gasteiger partial charge on any atom is -0.378 e. The number of nitrogens with one attached hydrogen (secondary N) is 1. The van der Waals surface area contributed by atoms with Crippen molar-refractivity contribution in [1.82, 2.24) is 4.98 Å². The smallest absolute Gasteiger partial charge is 0.251 e. The number of aromatic amines is 1. The maximum Gasteiger partial charge on any atom is 0.251 e. The van der Waals surface area contributed by atoms with Gasteiger partial charge in [-0.25, -0.2) is 0 Å². The second-order valence-corrected chi connectivity index (χ2v) is 8.20. The van der Waals surface area contributed by atoms with Crippen molar-refractivity contribution in [2.24, 2.45) is 17.8 Å². The van der Waals surface area contributed by atoms with E-state index in [1.165, 1.54) is 5.56 Å². The number of rotatable bonds is 4. The molecular weight excluding hydrogens is 338 g/mol. The summed E-state index contributed by atoms with van der Waals surface area (Å²) in [5.41, 5.74) is 2.38. The molecular formula is C22H27N3O2. The molecule has 1 N–H and O–H groups in total. The summed E-state index contributed by atoms with van der Waals surface area (Å²) in [4.78, 5) is 20.2. The van der Waals surface area contributed by atoms with Crippen LogP contribution in [0.15, 0.2) is 47.3 Å². The van der Waals surface area contributed by atoms with E-state index in [4.69, 9.17) is 4.74 Å². The van der Waals surface area contributed by atoms with Gasteiger partial charge in [-0.15, -0.1) is 0 Å². The van der Waals surface area contributed by atoms with E-state index >= 15 is 0 Å². The van der Waals surface area contributed by atoms with Crippen molar-refractivity contribution in [3.8, 4) is 0 Å². The minimum atomic E-state index is -0.0129. The van der Waals surface area contributed by atoms with Crippen molar-refractivity contribution in [2.75, 3.05) is 42.6 Å². The molecule has 0 radical (unpaired) electrons. The Hall–Kier alpha value is -2.27. The van der Waals surface area contributed by atoms with Gasteiger partial charge in [0.05, 0.1) is 13.2 Å². The summed E-state index contributed by atoms with van der Waals surface area (Å²) in [5.74, 6) is 3.27. The third kappa shape index (κ3) is 3.14. The van der Waals surface area contributed by atoms with Gasteiger partial charge in [-0.2, -0.15) is 0 Å². The SMILES string of the molecule is C[C@@H]1C2CN(c3cc(N4CCOCC4)cc(=O)[nH]3)[C@H](Cc3ccccc3)C21. The van der Waals surface area contributed by atoms with Gasteiger partial charge < -0.3 is 19.5 Å². The lowest BCUT2D eigenvalue weighted by atomic mass is 10.0. The van der Waals surface area contributed by atoms with Gasteiger partial charge in [-0.05, 0) is 29.7 Å². The molecule has 27 heavy (non-hydrogen) atoms. The number of hydrogen-bond donors (Lipinski definition) is 1. The molecule has 3 aliphatic rings. The van der Waals surface area contributed by atoms with E-state index in [1.807, 2.05) is 0 Å². The van der Waals surface area contributed by atoms with Crippen LogP contribution < -0.4 is 15.4 Å². The Balaban J connectivity index is 1.44. The van der Waals surface area contributed by atoms with Crippen LogP contribution in [-0.4, -0.2) is 43.9 Å². The van der Waals surface area contributed by atoms with Gasteiger partial charge in [-0.3, -0.25) is 4.79 Å². The molecule has 142 valence electrons. The third-order valence-corrected chi connectivity index (χ3v) is 6.68. The second kappa shape index (κ2) is 6.71. The van der Waals surface area contributed by atoms with E-state index < -0.39 is 0 Å². The molecule has 0 amide bonds. The summed E-state index contributed by atoms with van der Waals surface area (Å²) in [5, 5.41) is 0. The Morgan fingerprint density at radius 2 is 1.93 bits per heavy atom. The predicted molar refractivity (Wildman–Crippen MR) is 108 cm³/mol. The molecule has 0 spiro atoms. The van der Waals surface area contributed by atoms with Crippen LogP contribution in [0.3, 0.4) is 0 Å². The average Bonchev–Trinajstić information content (AvgIpc) is 3.16. The first-order valence-electron chi connectivity index (χ1n) is 10.1. The van der Waals surface area contributed by atoms with Crippen LogP contribution in [0.5, 0.6) is 0 Å². The fourth-order valence-electron chi connectivity index (χ4n) is 5.13. The van der Waals surface area contributed by atoms with E-state index in [1.54, 1.807) is 6.07 Å². The topological polar surface area (TPSA) is 48.6 Å². The lowest BCUT2D eigenvalue weighted by Crippen LogP contribution is -2.39. The van der Waals surface area contributed by atoms with Gasteiger partial charge in [0.1, 0.15) is 5.82 Å². The lowest BCUT2D eigenvalue weighted by molar-refractivity contribution is 0.122. The molecule has 2 aromatic rings. The molecule has 1 aliphatic carbocycles. The van der Waals surface area contributed by atoms with Crippen LogP contribution >= 0.6 is 0 Å². The maximum absolute atomic E-state index is 12.4.